The Labute approximate surface area is 185 Å². The summed E-state index contributed by atoms with van der Waals surface area (Å²) in [7, 11) is 0. The molecule has 0 aliphatic carbocycles. The first-order valence-corrected chi connectivity index (χ1v) is 10.3. The summed E-state index contributed by atoms with van der Waals surface area (Å²) in [6.45, 7) is 4.03. The van der Waals surface area contributed by atoms with E-state index in [1.165, 1.54) is 0 Å². The van der Waals surface area contributed by atoms with Gasteiger partial charge in [0.2, 0.25) is 0 Å². The molecule has 1 aromatic heterocycles. The molecule has 0 bridgehead atoms. The number of carbonyl (C=O) groups is 1. The highest BCUT2D eigenvalue weighted by Crippen LogP contribution is 2.26. The van der Waals surface area contributed by atoms with E-state index in [1.54, 1.807) is 54.0 Å². The van der Waals surface area contributed by atoms with Crippen LogP contribution in [0.3, 0.4) is 0 Å². The maximum absolute atomic E-state index is 12.9. The van der Waals surface area contributed by atoms with Crippen LogP contribution < -0.4 is 20.3 Å². The van der Waals surface area contributed by atoms with Crippen LogP contribution in [-0.4, -0.2) is 28.7 Å². The summed E-state index contributed by atoms with van der Waals surface area (Å²) < 4.78 is 12.7. The smallest absolute Gasteiger partial charge is 0.265 e. The lowest BCUT2D eigenvalue weighted by molar-refractivity contribution is -0.118. The molecule has 4 aromatic rings. The molecule has 0 aliphatic rings. The maximum atomic E-state index is 12.9. The van der Waals surface area contributed by atoms with Crippen molar-refractivity contribution in [1.82, 2.24) is 9.55 Å². The average molecular weight is 429 g/mol. The zero-order valence-corrected chi connectivity index (χ0v) is 17.9. The Morgan fingerprint density at radius 1 is 0.938 bits per heavy atom. The number of carbonyl (C=O) groups excluding carboxylic acids is 1. The van der Waals surface area contributed by atoms with Crippen molar-refractivity contribution in [2.45, 2.75) is 13.8 Å². The zero-order valence-electron chi connectivity index (χ0n) is 17.9. The number of hydrogen-bond donors (Lipinski definition) is 1. The van der Waals surface area contributed by atoms with Gasteiger partial charge in [0.1, 0.15) is 5.82 Å². The second-order valence-electron chi connectivity index (χ2n) is 7.08. The highest BCUT2D eigenvalue weighted by molar-refractivity contribution is 5.92. The topological polar surface area (TPSA) is 82.4 Å². The van der Waals surface area contributed by atoms with E-state index in [2.05, 4.69) is 10.3 Å². The lowest BCUT2D eigenvalue weighted by Crippen LogP contribution is -2.22. The first-order valence-electron chi connectivity index (χ1n) is 10.3. The summed E-state index contributed by atoms with van der Waals surface area (Å²) in [5.41, 5.74) is 1.80. The Hall–Kier alpha value is -4.13. The molecule has 7 nitrogen and oxygen atoms in total. The van der Waals surface area contributed by atoms with Crippen LogP contribution in [0.2, 0.25) is 0 Å². The Bertz CT molecular complexity index is 1310. The number of fused-ring (bicyclic) bond motifs is 1. The van der Waals surface area contributed by atoms with Gasteiger partial charge in [-0.25, -0.2) is 4.98 Å². The number of hydrogen-bond acceptors (Lipinski definition) is 5. The fourth-order valence-electron chi connectivity index (χ4n) is 3.43. The standard InChI is InChI=1S/C25H23N3O4/c1-3-31-22-10-6-7-11-23(22)32-16-24(29)27-18-12-14-19(15-13-18)28-17(2)26-21-9-5-4-8-20(21)25(28)30/h4-15H,3,16H2,1-2H3,(H,27,29). The second kappa shape index (κ2) is 9.34. The number of nitrogens with one attached hydrogen (secondary N) is 1. The Balaban J connectivity index is 1.46. The molecule has 162 valence electrons. The third-order valence-corrected chi connectivity index (χ3v) is 4.86. The Morgan fingerprint density at radius 2 is 1.59 bits per heavy atom. The lowest BCUT2D eigenvalue weighted by Gasteiger charge is -2.13. The number of benzene rings is 3. The maximum Gasteiger partial charge on any atom is 0.265 e. The van der Waals surface area contributed by atoms with Gasteiger partial charge in [0.05, 0.1) is 23.2 Å². The van der Waals surface area contributed by atoms with Crippen molar-refractivity contribution in [3.05, 3.63) is 89.0 Å². The molecular weight excluding hydrogens is 406 g/mol. The highest BCUT2D eigenvalue weighted by atomic mass is 16.5. The summed E-state index contributed by atoms with van der Waals surface area (Å²) in [4.78, 5) is 29.8. The number of rotatable bonds is 7. The van der Waals surface area contributed by atoms with E-state index in [9.17, 15) is 9.59 Å². The second-order valence-corrected chi connectivity index (χ2v) is 7.08. The number of aromatic nitrogens is 2. The Kier molecular flexibility index (Phi) is 6.17. The highest BCUT2D eigenvalue weighted by Gasteiger charge is 2.11. The van der Waals surface area contributed by atoms with Crippen LogP contribution in [0.15, 0.2) is 77.6 Å². The molecule has 0 fully saturated rings. The summed E-state index contributed by atoms with van der Waals surface area (Å²) >= 11 is 0. The van der Waals surface area contributed by atoms with Crippen LogP contribution in [-0.2, 0) is 4.79 Å². The molecule has 1 amide bonds. The SMILES string of the molecule is CCOc1ccccc1OCC(=O)Nc1ccc(-n2c(C)nc3ccccc3c2=O)cc1. The van der Waals surface area contributed by atoms with E-state index in [0.717, 1.165) is 0 Å². The van der Waals surface area contributed by atoms with Crippen LogP contribution in [0.5, 0.6) is 11.5 Å². The van der Waals surface area contributed by atoms with E-state index in [0.29, 0.717) is 46.2 Å². The van der Waals surface area contributed by atoms with Gasteiger partial charge in [0, 0.05) is 5.69 Å². The summed E-state index contributed by atoms with van der Waals surface area (Å²) in [5.74, 6) is 1.40. The van der Waals surface area contributed by atoms with Gasteiger partial charge in [-0.3, -0.25) is 14.2 Å². The Morgan fingerprint density at radius 3 is 2.31 bits per heavy atom. The largest absolute Gasteiger partial charge is 0.490 e. The number of aryl methyl sites for hydroxylation is 1. The molecule has 7 heteroatoms. The van der Waals surface area contributed by atoms with Crippen molar-refractivity contribution >= 4 is 22.5 Å². The molecule has 0 atom stereocenters. The molecule has 4 rings (SSSR count). The monoisotopic (exact) mass is 429 g/mol. The first kappa shape index (κ1) is 21.1. The van der Waals surface area contributed by atoms with Gasteiger partial charge in [0.15, 0.2) is 18.1 Å². The normalized spacial score (nSPS) is 10.7. The molecule has 1 N–H and O–H groups in total. The van der Waals surface area contributed by atoms with Crippen LogP contribution in [0, 0.1) is 6.92 Å². The predicted molar refractivity (Wildman–Crippen MR) is 124 cm³/mol. The number of para-hydroxylation sites is 3. The fraction of sp³-hybridized carbons (Fsp3) is 0.160. The molecule has 3 aromatic carbocycles. The minimum Gasteiger partial charge on any atom is -0.490 e. The van der Waals surface area contributed by atoms with Gasteiger partial charge in [-0.2, -0.15) is 0 Å². The molecule has 0 aliphatic heterocycles. The van der Waals surface area contributed by atoms with Crippen molar-refractivity contribution in [2.75, 3.05) is 18.5 Å². The van der Waals surface area contributed by atoms with Crippen molar-refractivity contribution in [2.24, 2.45) is 0 Å². The average Bonchev–Trinajstić information content (AvgIpc) is 2.80. The van der Waals surface area contributed by atoms with Crippen molar-refractivity contribution in [1.29, 1.82) is 0 Å². The quantitative estimate of drug-likeness (QED) is 0.478. The summed E-state index contributed by atoms with van der Waals surface area (Å²) in [6, 6.07) is 21.5. The van der Waals surface area contributed by atoms with E-state index in [1.807, 2.05) is 37.3 Å². The van der Waals surface area contributed by atoms with Crippen molar-refractivity contribution in [3.63, 3.8) is 0 Å². The molecule has 32 heavy (non-hydrogen) atoms. The zero-order chi connectivity index (χ0) is 22.5. The summed E-state index contributed by atoms with van der Waals surface area (Å²) in [6.07, 6.45) is 0. The van der Waals surface area contributed by atoms with Gasteiger partial charge in [0.25, 0.3) is 11.5 Å². The molecule has 0 spiro atoms. The van der Waals surface area contributed by atoms with Crippen LogP contribution in [0.4, 0.5) is 5.69 Å². The van der Waals surface area contributed by atoms with Crippen LogP contribution in [0.1, 0.15) is 12.7 Å². The van der Waals surface area contributed by atoms with Gasteiger partial charge in [-0.1, -0.05) is 24.3 Å². The molecule has 0 radical (unpaired) electrons. The molecule has 0 unspecified atom stereocenters. The van der Waals surface area contributed by atoms with E-state index in [-0.39, 0.29) is 18.1 Å². The minimum atomic E-state index is -0.301. The van der Waals surface area contributed by atoms with Crippen LogP contribution >= 0.6 is 0 Å². The molecule has 1 heterocycles. The minimum absolute atomic E-state index is 0.133. The van der Waals surface area contributed by atoms with Gasteiger partial charge in [-0.05, 0) is 62.4 Å². The van der Waals surface area contributed by atoms with Crippen molar-refractivity contribution < 1.29 is 14.3 Å². The number of nitrogens with zero attached hydrogens (tertiary/aromatic N) is 2. The van der Waals surface area contributed by atoms with E-state index < -0.39 is 0 Å². The van der Waals surface area contributed by atoms with Gasteiger partial charge in [-0.15, -0.1) is 0 Å². The van der Waals surface area contributed by atoms with Crippen LogP contribution in [0.25, 0.3) is 16.6 Å². The fourth-order valence-corrected chi connectivity index (χ4v) is 3.43. The number of anilines is 1. The third-order valence-electron chi connectivity index (χ3n) is 4.86. The third kappa shape index (κ3) is 4.46. The molecule has 0 saturated heterocycles. The number of ether oxygens (including phenoxy) is 2. The lowest BCUT2D eigenvalue weighted by atomic mass is 10.2. The van der Waals surface area contributed by atoms with Gasteiger partial charge < -0.3 is 14.8 Å². The predicted octanol–water partition coefficient (Wildman–Crippen LogP) is 4.11. The first-order chi connectivity index (χ1) is 15.6. The van der Waals surface area contributed by atoms with E-state index >= 15 is 0 Å². The molecule has 0 saturated carbocycles. The molecular formula is C25H23N3O4. The van der Waals surface area contributed by atoms with Crippen molar-refractivity contribution in [3.8, 4) is 17.2 Å². The van der Waals surface area contributed by atoms with E-state index in [4.69, 9.17) is 9.47 Å². The summed E-state index contributed by atoms with van der Waals surface area (Å²) in [5, 5.41) is 3.35. The number of amides is 1. The van der Waals surface area contributed by atoms with Gasteiger partial charge >= 0.3 is 0 Å².